The number of fused-ring (bicyclic) bond motifs is 3. The third-order valence-electron chi connectivity index (χ3n) is 2.46. The molecule has 0 spiro atoms. The molecule has 70 valence electrons. The van der Waals surface area contributed by atoms with E-state index >= 15 is 0 Å². The first kappa shape index (κ1) is 8.01. The van der Waals surface area contributed by atoms with Crippen molar-refractivity contribution >= 4 is 21.9 Å². The Labute approximate surface area is 85.6 Å². The minimum absolute atomic E-state index is 0.620. The number of nitriles is 1. The van der Waals surface area contributed by atoms with Crippen molar-refractivity contribution in [1.82, 2.24) is 4.98 Å². The number of rotatable bonds is 0. The van der Waals surface area contributed by atoms with Gasteiger partial charge in [-0.05, 0) is 0 Å². The van der Waals surface area contributed by atoms with Crippen LogP contribution in [-0.4, -0.2) is 4.98 Å². The van der Waals surface area contributed by atoms with Gasteiger partial charge >= 0.3 is 0 Å². The molecule has 0 bridgehead atoms. The van der Waals surface area contributed by atoms with E-state index in [0.29, 0.717) is 11.1 Å². The number of benzene rings is 2. The van der Waals surface area contributed by atoms with Crippen molar-refractivity contribution in [1.29, 1.82) is 5.26 Å². The van der Waals surface area contributed by atoms with Crippen LogP contribution in [0.5, 0.6) is 0 Å². The highest BCUT2D eigenvalue weighted by Gasteiger charge is 2.08. The maximum atomic E-state index is 9.02. The summed E-state index contributed by atoms with van der Waals surface area (Å²) >= 11 is 0. The van der Waals surface area contributed by atoms with Crippen LogP contribution >= 0.6 is 0 Å². The SMILES string of the molecule is N#Cc1cc2ocnc2c2ccccc12. The van der Waals surface area contributed by atoms with Crippen molar-refractivity contribution in [3.8, 4) is 6.07 Å². The number of hydrogen-bond donors (Lipinski definition) is 0. The second-order valence-corrected chi connectivity index (χ2v) is 3.28. The lowest BCUT2D eigenvalue weighted by Crippen LogP contribution is -1.81. The second-order valence-electron chi connectivity index (χ2n) is 3.28. The molecule has 3 nitrogen and oxygen atoms in total. The molecule has 3 rings (SSSR count). The van der Waals surface area contributed by atoms with Gasteiger partial charge in [0.1, 0.15) is 5.52 Å². The Hall–Kier alpha value is -2.34. The largest absolute Gasteiger partial charge is 0.443 e. The molecule has 1 aromatic heterocycles. The van der Waals surface area contributed by atoms with E-state index in [1.807, 2.05) is 24.3 Å². The molecule has 0 fully saturated rings. The van der Waals surface area contributed by atoms with Gasteiger partial charge in [0.25, 0.3) is 0 Å². The smallest absolute Gasteiger partial charge is 0.182 e. The molecule has 1 heterocycles. The summed E-state index contributed by atoms with van der Waals surface area (Å²) in [7, 11) is 0. The molecule has 0 saturated carbocycles. The van der Waals surface area contributed by atoms with Crippen LogP contribution in [0.15, 0.2) is 41.1 Å². The van der Waals surface area contributed by atoms with Gasteiger partial charge in [-0.2, -0.15) is 5.26 Å². The van der Waals surface area contributed by atoms with Gasteiger partial charge in [-0.3, -0.25) is 0 Å². The molecule has 2 aromatic carbocycles. The zero-order valence-electron chi connectivity index (χ0n) is 7.77. The summed E-state index contributed by atoms with van der Waals surface area (Å²) in [5, 5.41) is 10.9. The molecule has 15 heavy (non-hydrogen) atoms. The predicted molar refractivity (Wildman–Crippen MR) is 56.2 cm³/mol. The zero-order chi connectivity index (χ0) is 10.3. The Morgan fingerprint density at radius 1 is 1.20 bits per heavy atom. The van der Waals surface area contributed by atoms with Crippen molar-refractivity contribution in [2.24, 2.45) is 0 Å². The van der Waals surface area contributed by atoms with Gasteiger partial charge < -0.3 is 4.42 Å². The molecule has 3 aromatic rings. The third kappa shape index (κ3) is 1.02. The molecule has 0 atom stereocenters. The van der Waals surface area contributed by atoms with E-state index in [1.54, 1.807) is 6.07 Å². The van der Waals surface area contributed by atoms with E-state index in [2.05, 4.69) is 11.1 Å². The fourth-order valence-corrected chi connectivity index (χ4v) is 1.79. The summed E-state index contributed by atoms with van der Waals surface area (Å²) in [6.45, 7) is 0. The topological polar surface area (TPSA) is 49.8 Å². The number of nitrogens with zero attached hydrogens (tertiary/aromatic N) is 2. The maximum Gasteiger partial charge on any atom is 0.182 e. The van der Waals surface area contributed by atoms with Crippen molar-refractivity contribution < 1.29 is 4.42 Å². The van der Waals surface area contributed by atoms with E-state index in [9.17, 15) is 0 Å². The Bertz CT molecular complexity index is 691. The lowest BCUT2D eigenvalue weighted by molar-refractivity contribution is 0.602. The predicted octanol–water partition coefficient (Wildman–Crippen LogP) is 2.85. The average Bonchev–Trinajstić information content (AvgIpc) is 2.76. The fourth-order valence-electron chi connectivity index (χ4n) is 1.79. The standard InChI is InChI=1S/C12H6N2O/c13-6-8-5-11-12(14-7-15-11)10-4-2-1-3-9(8)10/h1-5,7H. The highest BCUT2D eigenvalue weighted by atomic mass is 16.3. The van der Waals surface area contributed by atoms with Gasteiger partial charge in [0, 0.05) is 16.8 Å². The van der Waals surface area contributed by atoms with Gasteiger partial charge in [0.15, 0.2) is 12.0 Å². The summed E-state index contributed by atoms with van der Waals surface area (Å²) in [6, 6.07) is 11.6. The summed E-state index contributed by atoms with van der Waals surface area (Å²) in [6.07, 6.45) is 1.40. The van der Waals surface area contributed by atoms with Crippen molar-refractivity contribution in [2.75, 3.05) is 0 Å². The summed E-state index contributed by atoms with van der Waals surface area (Å²) in [4.78, 5) is 4.15. The van der Waals surface area contributed by atoms with E-state index in [-0.39, 0.29) is 0 Å². The first-order valence-electron chi connectivity index (χ1n) is 4.55. The summed E-state index contributed by atoms with van der Waals surface area (Å²) in [5.41, 5.74) is 2.09. The van der Waals surface area contributed by atoms with Crippen LogP contribution in [0, 0.1) is 11.3 Å². The fraction of sp³-hybridized carbons (Fsp3) is 0. The lowest BCUT2D eigenvalue weighted by atomic mass is 10.0. The van der Waals surface area contributed by atoms with Gasteiger partial charge in [0.05, 0.1) is 11.6 Å². The van der Waals surface area contributed by atoms with Gasteiger partial charge in [-0.15, -0.1) is 0 Å². The van der Waals surface area contributed by atoms with Crippen molar-refractivity contribution in [2.45, 2.75) is 0 Å². The molecule has 0 aliphatic rings. The number of hydrogen-bond acceptors (Lipinski definition) is 3. The first-order chi connectivity index (χ1) is 7.40. The molecule has 3 heteroatoms. The Kier molecular flexibility index (Phi) is 1.51. The zero-order valence-corrected chi connectivity index (χ0v) is 7.77. The molecule has 0 amide bonds. The molecular weight excluding hydrogens is 188 g/mol. The van der Waals surface area contributed by atoms with Crippen LogP contribution in [0.2, 0.25) is 0 Å². The van der Waals surface area contributed by atoms with E-state index in [1.165, 1.54) is 6.39 Å². The van der Waals surface area contributed by atoms with Crippen LogP contribution in [-0.2, 0) is 0 Å². The van der Waals surface area contributed by atoms with Gasteiger partial charge in [-0.1, -0.05) is 24.3 Å². The normalized spacial score (nSPS) is 10.6. The minimum atomic E-state index is 0.620. The number of oxazole rings is 1. The number of aromatic nitrogens is 1. The van der Waals surface area contributed by atoms with Crippen molar-refractivity contribution in [3.05, 3.63) is 42.3 Å². The average molecular weight is 194 g/mol. The lowest BCUT2D eigenvalue weighted by Gasteiger charge is -1.99. The highest BCUT2D eigenvalue weighted by Crippen LogP contribution is 2.26. The van der Waals surface area contributed by atoms with Crippen LogP contribution < -0.4 is 0 Å². The maximum absolute atomic E-state index is 9.02. The Morgan fingerprint density at radius 3 is 2.80 bits per heavy atom. The molecule has 0 saturated heterocycles. The summed E-state index contributed by atoms with van der Waals surface area (Å²) < 4.78 is 5.21. The van der Waals surface area contributed by atoms with E-state index in [4.69, 9.17) is 9.68 Å². The monoisotopic (exact) mass is 194 g/mol. The quantitative estimate of drug-likeness (QED) is 0.552. The van der Waals surface area contributed by atoms with Crippen molar-refractivity contribution in [3.63, 3.8) is 0 Å². The van der Waals surface area contributed by atoms with Crippen LogP contribution in [0.3, 0.4) is 0 Å². The molecule has 0 aliphatic heterocycles. The Morgan fingerprint density at radius 2 is 2.00 bits per heavy atom. The Balaban J connectivity index is 2.66. The highest BCUT2D eigenvalue weighted by molar-refractivity contribution is 6.05. The molecule has 0 N–H and O–H groups in total. The molecule has 0 unspecified atom stereocenters. The second kappa shape index (κ2) is 2.82. The van der Waals surface area contributed by atoms with Crippen LogP contribution in [0.4, 0.5) is 0 Å². The third-order valence-corrected chi connectivity index (χ3v) is 2.46. The van der Waals surface area contributed by atoms with Gasteiger partial charge in [-0.25, -0.2) is 4.98 Å². The summed E-state index contributed by atoms with van der Waals surface area (Å²) in [5.74, 6) is 0. The van der Waals surface area contributed by atoms with Crippen LogP contribution in [0.1, 0.15) is 5.56 Å². The minimum Gasteiger partial charge on any atom is -0.443 e. The van der Waals surface area contributed by atoms with Gasteiger partial charge in [0.2, 0.25) is 0 Å². The first-order valence-corrected chi connectivity index (χ1v) is 4.55. The molecule has 0 radical (unpaired) electrons. The van der Waals surface area contributed by atoms with E-state index in [0.717, 1.165) is 16.3 Å². The molecular formula is C12H6N2O. The van der Waals surface area contributed by atoms with Crippen LogP contribution in [0.25, 0.3) is 21.9 Å². The molecule has 0 aliphatic carbocycles. The van der Waals surface area contributed by atoms with E-state index < -0.39 is 0 Å².